The Morgan fingerprint density at radius 2 is 1.38 bits per heavy atom. The zero-order valence-corrected chi connectivity index (χ0v) is 27.7. The molecule has 0 saturated heterocycles. The van der Waals surface area contributed by atoms with E-state index in [-0.39, 0.29) is 16.0 Å². The fourth-order valence-corrected chi connectivity index (χ4v) is 7.41. The first kappa shape index (κ1) is 32.6. The second kappa shape index (κ2) is 15.4. The lowest BCUT2D eigenvalue weighted by Gasteiger charge is -2.47. The van der Waals surface area contributed by atoms with Gasteiger partial charge in [0.1, 0.15) is 5.75 Å². The first-order chi connectivity index (χ1) is 20.3. The molecule has 2 aliphatic rings. The van der Waals surface area contributed by atoms with Gasteiger partial charge in [-0.05, 0) is 60.0 Å². The van der Waals surface area contributed by atoms with Crippen LogP contribution in [0.15, 0.2) is 46.9 Å². The summed E-state index contributed by atoms with van der Waals surface area (Å²) in [5.74, 6) is 0.668. The van der Waals surface area contributed by atoms with Crippen LogP contribution in [0.4, 0.5) is 11.4 Å². The van der Waals surface area contributed by atoms with Gasteiger partial charge in [0.2, 0.25) is 5.72 Å². The van der Waals surface area contributed by atoms with Crippen LogP contribution in [0.1, 0.15) is 135 Å². The second-order valence-electron chi connectivity index (χ2n) is 12.8. The largest absolute Gasteiger partial charge is 0.462 e. The van der Waals surface area contributed by atoms with Crippen molar-refractivity contribution in [3.05, 3.63) is 68.2 Å². The number of para-hydroxylation sites is 1. The van der Waals surface area contributed by atoms with Crippen molar-refractivity contribution in [1.29, 1.82) is 0 Å². The fourth-order valence-electron chi connectivity index (χ4n) is 6.86. The van der Waals surface area contributed by atoms with Crippen molar-refractivity contribution < 1.29 is 9.66 Å². The first-order valence-electron chi connectivity index (χ1n) is 16.5. The minimum Gasteiger partial charge on any atom is -0.462 e. The van der Waals surface area contributed by atoms with Crippen LogP contribution in [-0.4, -0.2) is 17.2 Å². The molecule has 0 radical (unpaired) electrons. The van der Waals surface area contributed by atoms with Crippen molar-refractivity contribution in [1.82, 2.24) is 0 Å². The average molecular weight is 640 g/mol. The summed E-state index contributed by atoms with van der Waals surface area (Å²) in [4.78, 5) is 13.5. The zero-order valence-electron chi connectivity index (χ0n) is 26.1. The molecule has 1 atom stereocenters. The van der Waals surface area contributed by atoms with Gasteiger partial charge in [0, 0.05) is 29.9 Å². The number of halogens is 1. The van der Waals surface area contributed by atoms with Crippen LogP contribution in [0.25, 0.3) is 6.08 Å². The van der Waals surface area contributed by atoms with Gasteiger partial charge in [-0.25, -0.2) is 0 Å². The van der Waals surface area contributed by atoms with Crippen molar-refractivity contribution in [3.8, 4) is 5.75 Å². The second-order valence-corrected chi connectivity index (χ2v) is 13.7. The van der Waals surface area contributed by atoms with E-state index >= 15 is 0 Å². The summed E-state index contributed by atoms with van der Waals surface area (Å²) < 4.78 is 7.52. The summed E-state index contributed by atoms with van der Waals surface area (Å²) in [6.45, 7) is 7.68. The topological polar surface area (TPSA) is 55.6 Å². The van der Waals surface area contributed by atoms with Gasteiger partial charge >= 0.3 is 0 Å². The van der Waals surface area contributed by atoms with E-state index in [9.17, 15) is 10.1 Å². The fraction of sp³-hybridized carbons (Fsp3) is 0.611. The molecule has 5 nitrogen and oxygen atoms in total. The van der Waals surface area contributed by atoms with E-state index in [1.807, 2.05) is 6.08 Å². The molecule has 2 heterocycles. The molecule has 0 bridgehead atoms. The van der Waals surface area contributed by atoms with Gasteiger partial charge in [0.25, 0.3) is 5.69 Å². The lowest BCUT2D eigenvalue weighted by molar-refractivity contribution is -0.385. The number of non-ortho nitro benzene ring substituents is 1. The first-order valence-corrected chi connectivity index (χ1v) is 17.3. The summed E-state index contributed by atoms with van der Waals surface area (Å²) in [6.07, 6.45) is 25.8. The van der Waals surface area contributed by atoms with Crippen LogP contribution in [0.2, 0.25) is 0 Å². The number of hydrogen-bond acceptors (Lipinski definition) is 4. The molecule has 2 aromatic carbocycles. The molecular weight excluding hydrogens is 588 g/mol. The standard InChI is InChI=1S/C36H51BrN2O3/c1-4-5-6-7-8-9-10-11-12-13-14-15-16-17-18-21-26-38-33-23-20-19-22-31(33)35(2,3)36(38)25-24-29-27-30(39(40)41)28-32(37)34(29)42-36/h19-20,22-25,27-28H,4-18,21,26H2,1-3H3. The molecule has 42 heavy (non-hydrogen) atoms. The van der Waals surface area contributed by atoms with Crippen molar-refractivity contribution in [2.45, 2.75) is 135 Å². The Morgan fingerprint density at radius 3 is 1.95 bits per heavy atom. The van der Waals surface area contributed by atoms with Crippen LogP contribution in [-0.2, 0) is 5.41 Å². The summed E-state index contributed by atoms with van der Waals surface area (Å²) in [5.41, 5.74) is 2.27. The van der Waals surface area contributed by atoms with Crippen LogP contribution >= 0.6 is 15.9 Å². The van der Waals surface area contributed by atoms with E-state index in [1.165, 1.54) is 108 Å². The van der Waals surface area contributed by atoms with Crippen molar-refractivity contribution in [3.63, 3.8) is 0 Å². The number of nitrogens with zero attached hydrogens (tertiary/aromatic N) is 2. The molecule has 4 rings (SSSR count). The molecule has 0 fully saturated rings. The van der Waals surface area contributed by atoms with Crippen molar-refractivity contribution in [2.24, 2.45) is 0 Å². The van der Waals surface area contributed by atoms with Gasteiger partial charge in [0.15, 0.2) is 0 Å². The highest BCUT2D eigenvalue weighted by atomic mass is 79.9. The minimum absolute atomic E-state index is 0.0591. The normalized spacial score (nSPS) is 18.2. The Morgan fingerprint density at radius 1 is 0.833 bits per heavy atom. The number of anilines is 1. The third kappa shape index (κ3) is 7.41. The molecular formula is C36H51BrN2O3. The summed E-state index contributed by atoms with van der Waals surface area (Å²) in [6, 6.07) is 11.8. The molecule has 0 saturated carbocycles. The molecule has 0 aromatic heterocycles. The molecule has 1 spiro atoms. The molecule has 2 aromatic rings. The third-order valence-electron chi connectivity index (χ3n) is 9.41. The quantitative estimate of drug-likeness (QED) is 0.0925. The number of rotatable bonds is 18. The van der Waals surface area contributed by atoms with Crippen LogP contribution < -0.4 is 9.64 Å². The Bertz CT molecular complexity index is 1210. The molecule has 6 heteroatoms. The smallest absolute Gasteiger partial charge is 0.271 e. The number of hydrogen-bond donors (Lipinski definition) is 0. The maximum Gasteiger partial charge on any atom is 0.271 e. The monoisotopic (exact) mass is 638 g/mol. The maximum atomic E-state index is 11.4. The van der Waals surface area contributed by atoms with E-state index in [2.05, 4.69) is 71.9 Å². The summed E-state index contributed by atoms with van der Waals surface area (Å²) in [5, 5.41) is 11.4. The Kier molecular flexibility index (Phi) is 11.9. The number of ether oxygens (including phenoxy) is 1. The van der Waals surface area contributed by atoms with Gasteiger partial charge in [-0.3, -0.25) is 10.1 Å². The predicted octanol–water partition coefficient (Wildman–Crippen LogP) is 11.5. The van der Waals surface area contributed by atoms with Gasteiger partial charge in [-0.1, -0.05) is 121 Å². The molecule has 0 N–H and O–H groups in total. The van der Waals surface area contributed by atoms with E-state index in [0.717, 1.165) is 18.5 Å². The zero-order chi connectivity index (χ0) is 30.0. The minimum atomic E-state index is -0.697. The SMILES string of the molecule is CCCCCCCCCCCCCCCCCCN1c2ccccc2C(C)(C)C12C=Cc1cc([N+](=O)[O-])cc(Br)c1O2. The molecule has 0 amide bonds. The highest BCUT2D eigenvalue weighted by Gasteiger charge is 2.58. The van der Waals surface area contributed by atoms with Gasteiger partial charge < -0.3 is 9.64 Å². The number of benzene rings is 2. The van der Waals surface area contributed by atoms with E-state index in [1.54, 1.807) is 12.1 Å². The Balaban J connectivity index is 1.25. The highest BCUT2D eigenvalue weighted by Crippen LogP contribution is 2.56. The molecule has 230 valence electrons. The van der Waals surface area contributed by atoms with E-state index < -0.39 is 5.72 Å². The molecule has 1 unspecified atom stereocenters. The van der Waals surface area contributed by atoms with Crippen LogP contribution in [0, 0.1) is 10.1 Å². The highest BCUT2D eigenvalue weighted by molar-refractivity contribution is 9.10. The molecule has 0 aliphatic carbocycles. The number of nitro groups is 1. The maximum absolute atomic E-state index is 11.4. The summed E-state index contributed by atoms with van der Waals surface area (Å²) >= 11 is 3.57. The number of nitro benzene ring substituents is 1. The summed E-state index contributed by atoms with van der Waals surface area (Å²) in [7, 11) is 0. The van der Waals surface area contributed by atoms with Crippen molar-refractivity contribution in [2.75, 3.05) is 11.4 Å². The Labute approximate surface area is 262 Å². The average Bonchev–Trinajstić information content (AvgIpc) is 3.15. The van der Waals surface area contributed by atoms with E-state index in [4.69, 9.17) is 4.74 Å². The van der Waals surface area contributed by atoms with Crippen LogP contribution in [0.3, 0.4) is 0 Å². The van der Waals surface area contributed by atoms with Crippen LogP contribution in [0.5, 0.6) is 5.75 Å². The third-order valence-corrected chi connectivity index (χ3v) is 10.0. The van der Waals surface area contributed by atoms with Gasteiger partial charge in [-0.15, -0.1) is 0 Å². The predicted molar refractivity (Wildman–Crippen MR) is 180 cm³/mol. The molecule has 2 aliphatic heterocycles. The number of fused-ring (bicyclic) bond motifs is 2. The lowest BCUT2D eigenvalue weighted by Crippen LogP contribution is -2.59. The van der Waals surface area contributed by atoms with Gasteiger partial charge in [-0.2, -0.15) is 0 Å². The van der Waals surface area contributed by atoms with E-state index in [0.29, 0.717) is 10.2 Å². The Hall–Kier alpha value is -2.34. The number of unbranched alkanes of at least 4 members (excludes halogenated alkanes) is 15. The van der Waals surface area contributed by atoms with Gasteiger partial charge in [0.05, 0.1) is 14.8 Å². The lowest BCUT2D eigenvalue weighted by atomic mass is 9.76. The van der Waals surface area contributed by atoms with Crippen molar-refractivity contribution >= 4 is 33.4 Å².